The molecule has 1 aromatic heterocycles. The number of alkyl halides is 2. The molecule has 0 unspecified atom stereocenters. The van der Waals surface area contributed by atoms with Gasteiger partial charge in [-0.25, -0.2) is 4.98 Å². The fourth-order valence-electron chi connectivity index (χ4n) is 1.62. The van der Waals surface area contributed by atoms with E-state index in [1.165, 1.54) is 12.4 Å². The first-order chi connectivity index (χ1) is 8.95. The van der Waals surface area contributed by atoms with Crippen LogP contribution in [0.25, 0.3) is 0 Å². The molecule has 0 N–H and O–H groups in total. The van der Waals surface area contributed by atoms with Crippen molar-refractivity contribution in [2.45, 2.75) is 39.9 Å². The molecule has 19 heavy (non-hydrogen) atoms. The second kappa shape index (κ2) is 7.18. The lowest BCUT2D eigenvalue weighted by Gasteiger charge is -2.25. The van der Waals surface area contributed by atoms with Gasteiger partial charge in [-0.3, -0.25) is 14.3 Å². The van der Waals surface area contributed by atoms with Gasteiger partial charge in [-0.2, -0.15) is 8.78 Å². The fourth-order valence-corrected chi connectivity index (χ4v) is 1.62. The van der Waals surface area contributed by atoms with Crippen molar-refractivity contribution in [2.24, 2.45) is 0 Å². The van der Waals surface area contributed by atoms with Gasteiger partial charge in [0.2, 0.25) is 0 Å². The number of hydrogen-bond acceptors (Lipinski definition) is 4. The standard InChI is InChI=1S/C12H19F2N3O2/c1-4-19-11(18)8-16(9(2)3)7-10-15-5-6-17(10)12(13)14/h5-6,9,12H,4,7-8H2,1-3H3. The van der Waals surface area contributed by atoms with Crippen LogP contribution in [-0.2, 0) is 16.1 Å². The molecule has 1 aromatic rings. The van der Waals surface area contributed by atoms with Crippen LogP contribution < -0.4 is 0 Å². The number of rotatable bonds is 7. The maximum atomic E-state index is 12.7. The molecule has 108 valence electrons. The van der Waals surface area contributed by atoms with Crippen LogP contribution in [0.3, 0.4) is 0 Å². The Morgan fingerprint density at radius 2 is 2.21 bits per heavy atom. The van der Waals surface area contributed by atoms with Crippen molar-refractivity contribution in [3.63, 3.8) is 0 Å². The lowest BCUT2D eigenvalue weighted by Crippen LogP contribution is -2.36. The van der Waals surface area contributed by atoms with E-state index in [-0.39, 0.29) is 30.9 Å². The Morgan fingerprint density at radius 3 is 2.74 bits per heavy atom. The maximum absolute atomic E-state index is 12.7. The van der Waals surface area contributed by atoms with Crippen LogP contribution >= 0.6 is 0 Å². The fraction of sp³-hybridized carbons (Fsp3) is 0.667. The summed E-state index contributed by atoms with van der Waals surface area (Å²) < 4.78 is 31.1. The van der Waals surface area contributed by atoms with Crippen molar-refractivity contribution in [1.82, 2.24) is 14.5 Å². The van der Waals surface area contributed by atoms with Gasteiger partial charge in [0.1, 0.15) is 5.82 Å². The molecule has 0 aliphatic rings. The summed E-state index contributed by atoms with van der Waals surface area (Å²) in [4.78, 5) is 17.1. The lowest BCUT2D eigenvalue weighted by molar-refractivity contribution is -0.145. The van der Waals surface area contributed by atoms with E-state index in [9.17, 15) is 13.6 Å². The molecular weight excluding hydrogens is 256 g/mol. The van der Waals surface area contributed by atoms with Crippen molar-refractivity contribution in [3.8, 4) is 0 Å². The highest BCUT2D eigenvalue weighted by atomic mass is 19.3. The Kier molecular flexibility index (Phi) is 5.88. The third-order valence-electron chi connectivity index (χ3n) is 2.67. The summed E-state index contributed by atoms with van der Waals surface area (Å²) in [6.45, 7) is 3.39. The van der Waals surface area contributed by atoms with Crippen LogP contribution in [0.5, 0.6) is 0 Å². The van der Waals surface area contributed by atoms with Gasteiger partial charge in [-0.15, -0.1) is 0 Å². The smallest absolute Gasteiger partial charge is 0.320 e. The number of hydrogen-bond donors (Lipinski definition) is 0. The predicted molar refractivity (Wildman–Crippen MR) is 65.7 cm³/mol. The predicted octanol–water partition coefficient (Wildman–Crippen LogP) is 2.05. The molecule has 0 aliphatic heterocycles. The van der Waals surface area contributed by atoms with Crippen molar-refractivity contribution < 1.29 is 18.3 Å². The number of carbonyl (C=O) groups is 1. The van der Waals surface area contributed by atoms with Crippen LogP contribution in [0.1, 0.15) is 33.1 Å². The highest BCUT2D eigenvalue weighted by Crippen LogP contribution is 2.15. The summed E-state index contributed by atoms with van der Waals surface area (Å²) in [5.74, 6) is -0.139. The summed E-state index contributed by atoms with van der Waals surface area (Å²) in [5, 5.41) is 0. The minimum atomic E-state index is -2.63. The third-order valence-corrected chi connectivity index (χ3v) is 2.67. The molecule has 0 saturated heterocycles. The summed E-state index contributed by atoms with van der Waals surface area (Å²) in [6, 6.07) is 0.0206. The van der Waals surface area contributed by atoms with Gasteiger partial charge in [0.15, 0.2) is 0 Å². The largest absolute Gasteiger partial charge is 0.465 e. The van der Waals surface area contributed by atoms with E-state index in [1.807, 2.05) is 13.8 Å². The first kappa shape index (κ1) is 15.6. The average molecular weight is 275 g/mol. The molecule has 0 atom stereocenters. The topological polar surface area (TPSA) is 47.4 Å². The van der Waals surface area contributed by atoms with Gasteiger partial charge in [0.25, 0.3) is 0 Å². The second-order valence-electron chi connectivity index (χ2n) is 4.33. The molecule has 1 heterocycles. The number of carbonyl (C=O) groups excluding carboxylic acids is 1. The number of esters is 1. The third kappa shape index (κ3) is 4.59. The highest BCUT2D eigenvalue weighted by Gasteiger charge is 2.19. The first-order valence-corrected chi connectivity index (χ1v) is 6.15. The quantitative estimate of drug-likeness (QED) is 0.715. The molecule has 7 heteroatoms. The summed E-state index contributed by atoms with van der Waals surface area (Å²) >= 11 is 0. The number of nitrogens with zero attached hydrogens (tertiary/aromatic N) is 3. The molecular formula is C12H19F2N3O2. The van der Waals surface area contributed by atoms with E-state index in [2.05, 4.69) is 4.98 Å². The Bertz CT molecular complexity index is 407. The van der Waals surface area contributed by atoms with Crippen LogP contribution in [0, 0.1) is 0 Å². The Hall–Kier alpha value is -1.50. The molecule has 0 fully saturated rings. The van der Waals surface area contributed by atoms with Crippen molar-refractivity contribution in [3.05, 3.63) is 18.2 Å². The molecule has 0 aromatic carbocycles. The molecule has 0 saturated carbocycles. The number of imidazole rings is 1. The second-order valence-corrected chi connectivity index (χ2v) is 4.33. The van der Waals surface area contributed by atoms with E-state index in [4.69, 9.17) is 4.74 Å². The highest BCUT2D eigenvalue weighted by molar-refractivity contribution is 5.71. The van der Waals surface area contributed by atoms with Crippen molar-refractivity contribution in [1.29, 1.82) is 0 Å². The molecule has 0 bridgehead atoms. The van der Waals surface area contributed by atoms with Crippen LogP contribution in [0.15, 0.2) is 12.4 Å². The number of ether oxygens (including phenoxy) is 1. The van der Waals surface area contributed by atoms with E-state index in [1.54, 1.807) is 11.8 Å². The minimum Gasteiger partial charge on any atom is -0.465 e. The van der Waals surface area contributed by atoms with Gasteiger partial charge in [-0.05, 0) is 20.8 Å². The van der Waals surface area contributed by atoms with E-state index in [0.29, 0.717) is 6.61 Å². The van der Waals surface area contributed by atoms with Crippen LogP contribution in [0.4, 0.5) is 8.78 Å². The maximum Gasteiger partial charge on any atom is 0.320 e. The molecule has 5 nitrogen and oxygen atoms in total. The molecule has 0 spiro atoms. The molecule has 0 amide bonds. The molecule has 1 rings (SSSR count). The first-order valence-electron chi connectivity index (χ1n) is 6.15. The van der Waals surface area contributed by atoms with Gasteiger partial charge in [0, 0.05) is 18.4 Å². The molecule has 0 aliphatic carbocycles. The van der Waals surface area contributed by atoms with Crippen LogP contribution in [-0.4, -0.2) is 39.6 Å². The Morgan fingerprint density at radius 1 is 1.53 bits per heavy atom. The summed E-state index contributed by atoms with van der Waals surface area (Å²) in [7, 11) is 0. The van der Waals surface area contributed by atoms with E-state index >= 15 is 0 Å². The molecule has 0 radical (unpaired) electrons. The van der Waals surface area contributed by atoms with Crippen molar-refractivity contribution >= 4 is 5.97 Å². The van der Waals surface area contributed by atoms with E-state index < -0.39 is 6.55 Å². The minimum absolute atomic E-state index is 0.0206. The number of aromatic nitrogens is 2. The zero-order chi connectivity index (χ0) is 14.4. The van der Waals surface area contributed by atoms with Crippen LogP contribution in [0.2, 0.25) is 0 Å². The van der Waals surface area contributed by atoms with Gasteiger partial charge >= 0.3 is 12.5 Å². The SMILES string of the molecule is CCOC(=O)CN(Cc1nccn1C(F)F)C(C)C. The van der Waals surface area contributed by atoms with E-state index in [0.717, 1.165) is 4.57 Å². The Balaban J connectivity index is 2.73. The van der Waals surface area contributed by atoms with Gasteiger partial charge in [-0.1, -0.05) is 0 Å². The summed E-state index contributed by atoms with van der Waals surface area (Å²) in [5.41, 5.74) is 0. The number of halogens is 2. The normalized spacial score (nSPS) is 11.6. The monoisotopic (exact) mass is 275 g/mol. The zero-order valence-corrected chi connectivity index (χ0v) is 11.3. The van der Waals surface area contributed by atoms with Gasteiger partial charge in [0.05, 0.1) is 19.7 Å². The summed E-state index contributed by atoms with van der Waals surface area (Å²) in [6.07, 6.45) is 2.55. The van der Waals surface area contributed by atoms with Crippen molar-refractivity contribution in [2.75, 3.05) is 13.2 Å². The Labute approximate surface area is 111 Å². The lowest BCUT2D eigenvalue weighted by atomic mass is 10.3. The zero-order valence-electron chi connectivity index (χ0n) is 11.3. The average Bonchev–Trinajstić information content (AvgIpc) is 2.76. The van der Waals surface area contributed by atoms with Gasteiger partial charge < -0.3 is 4.74 Å².